The summed E-state index contributed by atoms with van der Waals surface area (Å²) in [5.74, 6) is -1.69. The molecule has 0 bridgehead atoms. The monoisotopic (exact) mass is 521 g/mol. The molecule has 2 N–H and O–H groups in total. The zero-order chi connectivity index (χ0) is 25.3. The van der Waals surface area contributed by atoms with Crippen molar-refractivity contribution < 1.29 is 41.0 Å². The summed E-state index contributed by atoms with van der Waals surface area (Å²) in [5, 5.41) is 9.66. The van der Waals surface area contributed by atoms with Crippen LogP contribution in [0.4, 0.5) is 26.3 Å². The number of aliphatic carboxylic acids is 1. The number of carboxylic acid groups (broad SMARTS) is 1. The van der Waals surface area contributed by atoms with Crippen molar-refractivity contribution in [3.63, 3.8) is 0 Å². The van der Waals surface area contributed by atoms with E-state index in [1.54, 1.807) is 0 Å². The van der Waals surface area contributed by atoms with E-state index in [2.05, 4.69) is 10.4 Å². The Morgan fingerprint density at radius 2 is 1.74 bits per heavy atom. The Bertz CT molecular complexity index is 1150. The Morgan fingerprint density at radius 1 is 1.12 bits per heavy atom. The normalized spacial score (nSPS) is 15.9. The zero-order valence-electron chi connectivity index (χ0n) is 16.7. The van der Waals surface area contributed by atoms with Gasteiger partial charge in [0.25, 0.3) is 5.91 Å². The van der Waals surface area contributed by atoms with Crippen molar-refractivity contribution in [1.29, 1.82) is 0 Å². The van der Waals surface area contributed by atoms with Crippen molar-refractivity contribution in [1.82, 2.24) is 15.4 Å². The number of pyridine rings is 1. The lowest BCUT2D eigenvalue weighted by Gasteiger charge is -2.14. The topological polar surface area (TPSA) is 82.5 Å². The number of carbonyl (C=O) groups excluding carboxylic acids is 1. The molecule has 34 heavy (non-hydrogen) atoms. The number of halogens is 6. The van der Waals surface area contributed by atoms with Crippen LogP contribution < -0.4 is 5.43 Å². The Hall–Kier alpha value is -2.97. The molecule has 1 aromatic heterocycles. The number of thiocarbonyl (C=S) groups is 1. The van der Waals surface area contributed by atoms with E-state index in [1.807, 2.05) is 0 Å². The number of carbonyl (C=O) groups is 2. The minimum atomic E-state index is -5.00. The Kier molecular flexibility index (Phi) is 7.33. The second-order valence-electron chi connectivity index (χ2n) is 6.81. The first-order valence-corrected chi connectivity index (χ1v) is 10.5. The maximum absolute atomic E-state index is 13.2. The minimum absolute atomic E-state index is 0.0239. The summed E-state index contributed by atoms with van der Waals surface area (Å²) < 4.78 is 79.0. The van der Waals surface area contributed by atoms with Gasteiger partial charge in [-0.2, -0.15) is 26.3 Å². The summed E-state index contributed by atoms with van der Waals surface area (Å²) in [4.78, 5) is 27.3. The first-order valence-electron chi connectivity index (χ1n) is 9.26. The Labute approximate surface area is 197 Å². The van der Waals surface area contributed by atoms with Crippen molar-refractivity contribution in [3.8, 4) is 11.3 Å². The summed E-state index contributed by atoms with van der Waals surface area (Å²) in [7, 11) is 0. The average Bonchev–Trinajstić information content (AvgIpc) is 2.99. The molecule has 1 aliphatic heterocycles. The highest BCUT2D eigenvalue weighted by Gasteiger charge is 2.37. The molecule has 1 amide bonds. The van der Waals surface area contributed by atoms with E-state index in [1.165, 1.54) is 24.3 Å². The number of hydrogen-bond donors (Lipinski definition) is 2. The fraction of sp³-hybridized carbons (Fsp3) is 0.200. The SMILES string of the molecule is O=C(O)CCNN1C(=O)C(=Cc2cccc(-c3cc(C(F)(F)F)cc(C(F)(F)F)c3)n2)SC1=S. The molecule has 180 valence electrons. The van der Waals surface area contributed by atoms with Crippen LogP contribution in [0.3, 0.4) is 0 Å². The van der Waals surface area contributed by atoms with Crippen LogP contribution in [0.15, 0.2) is 41.3 Å². The summed E-state index contributed by atoms with van der Waals surface area (Å²) in [5.41, 5.74) is -0.852. The van der Waals surface area contributed by atoms with Crippen LogP contribution in [0.2, 0.25) is 0 Å². The summed E-state index contributed by atoms with van der Waals surface area (Å²) in [6.45, 7) is -0.0696. The second kappa shape index (κ2) is 9.72. The molecule has 6 nitrogen and oxygen atoms in total. The standard InChI is InChI=1S/C20H13F6N3O3S2/c21-19(22,23)11-6-10(7-12(8-11)20(24,25)26)14-3-1-2-13(28-14)9-15-17(32)29(18(33)34-15)27-5-4-16(30)31/h1-3,6-9,27H,4-5H2,(H,30,31). The van der Waals surface area contributed by atoms with Gasteiger partial charge in [-0.05, 0) is 36.4 Å². The summed E-state index contributed by atoms with van der Waals surface area (Å²) in [6, 6.07) is 5.17. The highest BCUT2D eigenvalue weighted by molar-refractivity contribution is 8.26. The van der Waals surface area contributed by atoms with E-state index in [4.69, 9.17) is 17.3 Å². The minimum Gasteiger partial charge on any atom is -0.481 e. The van der Waals surface area contributed by atoms with E-state index < -0.39 is 40.9 Å². The van der Waals surface area contributed by atoms with Crippen LogP contribution in [0, 0.1) is 0 Å². The van der Waals surface area contributed by atoms with E-state index >= 15 is 0 Å². The van der Waals surface area contributed by atoms with Gasteiger partial charge >= 0.3 is 18.3 Å². The van der Waals surface area contributed by atoms with Gasteiger partial charge in [0.15, 0.2) is 4.32 Å². The van der Waals surface area contributed by atoms with Crippen LogP contribution in [0.5, 0.6) is 0 Å². The van der Waals surface area contributed by atoms with E-state index in [0.29, 0.717) is 12.1 Å². The lowest BCUT2D eigenvalue weighted by molar-refractivity contribution is -0.143. The third-order valence-corrected chi connectivity index (χ3v) is 5.64. The van der Waals surface area contributed by atoms with Gasteiger partial charge in [-0.25, -0.2) is 15.4 Å². The van der Waals surface area contributed by atoms with Gasteiger partial charge < -0.3 is 5.11 Å². The fourth-order valence-corrected chi connectivity index (χ4v) is 4.01. The fourth-order valence-electron chi connectivity index (χ4n) is 2.81. The van der Waals surface area contributed by atoms with Crippen LogP contribution in [-0.2, 0) is 21.9 Å². The molecule has 0 saturated carbocycles. The van der Waals surface area contributed by atoms with Gasteiger partial charge in [-0.1, -0.05) is 30.0 Å². The third-order valence-electron chi connectivity index (χ3n) is 4.34. The quantitative estimate of drug-likeness (QED) is 0.316. The van der Waals surface area contributed by atoms with Crippen LogP contribution in [0.1, 0.15) is 23.2 Å². The zero-order valence-corrected chi connectivity index (χ0v) is 18.3. The highest BCUT2D eigenvalue weighted by Crippen LogP contribution is 2.38. The number of hydrazine groups is 1. The molecule has 0 spiro atoms. The molecule has 1 saturated heterocycles. The van der Waals surface area contributed by atoms with Crippen LogP contribution >= 0.6 is 24.0 Å². The molecular weight excluding hydrogens is 508 g/mol. The summed E-state index contributed by atoms with van der Waals surface area (Å²) >= 11 is 5.94. The molecule has 0 aliphatic carbocycles. The number of aromatic nitrogens is 1. The number of carboxylic acids is 1. The highest BCUT2D eigenvalue weighted by atomic mass is 32.2. The van der Waals surface area contributed by atoms with Crippen molar-refractivity contribution in [3.05, 3.63) is 58.1 Å². The lowest BCUT2D eigenvalue weighted by Crippen LogP contribution is -2.42. The van der Waals surface area contributed by atoms with Crippen molar-refractivity contribution in [2.75, 3.05) is 6.54 Å². The van der Waals surface area contributed by atoms with Crippen LogP contribution in [0.25, 0.3) is 17.3 Å². The number of rotatable bonds is 6. The smallest absolute Gasteiger partial charge is 0.416 e. The number of amides is 1. The van der Waals surface area contributed by atoms with Gasteiger partial charge in [-0.3, -0.25) is 9.59 Å². The number of benzene rings is 1. The average molecular weight is 521 g/mol. The molecule has 1 fully saturated rings. The molecule has 0 atom stereocenters. The maximum Gasteiger partial charge on any atom is 0.416 e. The number of hydrogen-bond acceptors (Lipinski definition) is 6. The van der Waals surface area contributed by atoms with Crippen LogP contribution in [-0.4, -0.2) is 37.8 Å². The number of alkyl halides is 6. The third kappa shape index (κ3) is 6.12. The van der Waals surface area contributed by atoms with E-state index in [-0.39, 0.29) is 39.6 Å². The van der Waals surface area contributed by atoms with Crippen molar-refractivity contribution >= 4 is 46.3 Å². The Morgan fingerprint density at radius 3 is 2.29 bits per heavy atom. The van der Waals surface area contributed by atoms with Gasteiger partial charge in [0.2, 0.25) is 0 Å². The van der Waals surface area contributed by atoms with Gasteiger partial charge in [0.1, 0.15) is 0 Å². The molecule has 0 radical (unpaired) electrons. The molecule has 2 aromatic rings. The first kappa shape index (κ1) is 25.6. The molecular formula is C20H13F6N3O3S2. The predicted octanol–water partition coefficient (Wildman–Crippen LogP) is 4.97. The predicted molar refractivity (Wildman–Crippen MR) is 115 cm³/mol. The summed E-state index contributed by atoms with van der Waals surface area (Å²) in [6.07, 6.45) is -9.00. The molecule has 1 aliphatic rings. The second-order valence-corrected chi connectivity index (χ2v) is 8.49. The largest absolute Gasteiger partial charge is 0.481 e. The van der Waals surface area contributed by atoms with Gasteiger partial charge in [-0.15, -0.1) is 0 Å². The molecule has 2 heterocycles. The number of thioether (sulfide) groups is 1. The van der Waals surface area contributed by atoms with E-state index in [9.17, 15) is 35.9 Å². The number of nitrogens with zero attached hydrogens (tertiary/aromatic N) is 2. The molecule has 3 rings (SSSR count). The van der Waals surface area contributed by atoms with Crippen molar-refractivity contribution in [2.45, 2.75) is 18.8 Å². The molecule has 1 aromatic carbocycles. The van der Waals surface area contributed by atoms with Gasteiger partial charge in [0, 0.05) is 12.1 Å². The molecule has 14 heteroatoms. The van der Waals surface area contributed by atoms with Gasteiger partial charge in [0.05, 0.1) is 33.8 Å². The molecule has 0 unspecified atom stereocenters. The Balaban J connectivity index is 1.93. The van der Waals surface area contributed by atoms with E-state index in [0.717, 1.165) is 16.8 Å². The number of nitrogens with one attached hydrogen (secondary N) is 1. The lowest BCUT2D eigenvalue weighted by atomic mass is 10.0. The van der Waals surface area contributed by atoms with Crippen molar-refractivity contribution in [2.24, 2.45) is 0 Å². The first-order chi connectivity index (χ1) is 15.8. The maximum atomic E-state index is 13.2.